The summed E-state index contributed by atoms with van der Waals surface area (Å²) in [7, 11) is 0. The van der Waals surface area contributed by atoms with E-state index in [0.29, 0.717) is 0 Å². The van der Waals surface area contributed by atoms with Gasteiger partial charge in [-0.05, 0) is 0 Å². The molecule has 1 aromatic rings. The number of rotatable bonds is 2. The number of benzene rings is 1. The summed E-state index contributed by atoms with van der Waals surface area (Å²) in [5, 5.41) is 0. The molecule has 0 aromatic heterocycles. The van der Waals surface area contributed by atoms with E-state index < -0.39 is 0 Å². The van der Waals surface area contributed by atoms with Crippen LogP contribution in [0.1, 0.15) is 11.1 Å². The Bertz CT molecular complexity index is 210. The molecule has 0 bridgehead atoms. The van der Waals surface area contributed by atoms with Crippen molar-refractivity contribution < 1.29 is 0 Å². The molecule has 0 fully saturated rings. The molecule has 0 aliphatic carbocycles. The maximum absolute atomic E-state index is 3.60. The van der Waals surface area contributed by atoms with Crippen LogP contribution in [0, 0.1) is 6.92 Å². The number of aryl methyl sites for hydroxylation is 1. The van der Waals surface area contributed by atoms with Crippen molar-refractivity contribution in [3.05, 3.63) is 35.4 Å². The van der Waals surface area contributed by atoms with Gasteiger partial charge in [0.15, 0.2) is 0 Å². The van der Waals surface area contributed by atoms with E-state index >= 15 is 0 Å². The summed E-state index contributed by atoms with van der Waals surface area (Å²) in [5.74, 6) is 0. The van der Waals surface area contributed by atoms with E-state index in [-0.39, 0.29) is 20.6 Å². The first-order chi connectivity index (χ1) is 4.83. The Labute approximate surface area is 78.9 Å². The SMILES string of the molecule is Cc1cccc([CH2][In][Br])c1. The molecule has 0 saturated heterocycles. The van der Waals surface area contributed by atoms with Gasteiger partial charge in [0, 0.05) is 0 Å². The van der Waals surface area contributed by atoms with E-state index in [2.05, 4.69) is 43.5 Å². The van der Waals surface area contributed by atoms with Crippen LogP contribution in [-0.2, 0) is 4.18 Å². The molecule has 51 valence electrons. The molecule has 1 rings (SSSR count). The molecule has 0 unspecified atom stereocenters. The van der Waals surface area contributed by atoms with E-state index in [4.69, 9.17) is 0 Å². The monoisotopic (exact) mass is 299 g/mol. The molecule has 1 radical (unpaired) electrons. The number of hydrogen-bond donors (Lipinski definition) is 0. The third kappa shape index (κ3) is 2.67. The minimum absolute atomic E-state index is 0.370. The van der Waals surface area contributed by atoms with Gasteiger partial charge in [0.2, 0.25) is 0 Å². The summed E-state index contributed by atoms with van der Waals surface area (Å²) in [5.41, 5.74) is 2.87. The van der Waals surface area contributed by atoms with Gasteiger partial charge in [-0.15, -0.1) is 0 Å². The summed E-state index contributed by atoms with van der Waals surface area (Å²) < 4.78 is 1.32. The average molecular weight is 300 g/mol. The fourth-order valence-electron chi connectivity index (χ4n) is 0.928. The standard InChI is InChI=1S/C8H9.BrH.In/c1-7-4-3-5-8(2)6-7;;/h3-6H,1H2,2H3;1H;/q;;+1/p-1. The Kier molecular flexibility index (Phi) is 3.85. The molecule has 2 heteroatoms. The molecule has 0 N–H and O–H groups in total. The van der Waals surface area contributed by atoms with Crippen LogP contribution in [-0.4, -0.2) is 20.6 Å². The normalized spacial score (nSPS) is 9.40. The fraction of sp³-hybridized carbons (Fsp3) is 0.250. The summed E-state index contributed by atoms with van der Waals surface area (Å²) in [6.45, 7) is 2.14. The molecular formula is C8H9BrIn. The van der Waals surface area contributed by atoms with Crippen molar-refractivity contribution in [2.75, 3.05) is 0 Å². The second kappa shape index (κ2) is 4.45. The average Bonchev–Trinajstić information content (AvgIpc) is 1.88. The first-order valence-corrected chi connectivity index (χ1v) is 13.0. The molecule has 10 heavy (non-hydrogen) atoms. The van der Waals surface area contributed by atoms with Gasteiger partial charge < -0.3 is 0 Å². The summed E-state index contributed by atoms with van der Waals surface area (Å²) in [4.78, 5) is 0. The zero-order chi connectivity index (χ0) is 7.40. The summed E-state index contributed by atoms with van der Waals surface area (Å²) in [6, 6.07) is 8.76. The van der Waals surface area contributed by atoms with E-state index in [9.17, 15) is 0 Å². The quantitative estimate of drug-likeness (QED) is 0.787. The second-order valence-corrected chi connectivity index (χ2v) is 8.74. The predicted octanol–water partition coefficient (Wildman–Crippen LogP) is 2.51. The van der Waals surface area contributed by atoms with Crippen LogP contribution in [0.3, 0.4) is 0 Å². The van der Waals surface area contributed by atoms with Gasteiger partial charge in [-0.1, -0.05) is 0 Å². The van der Waals surface area contributed by atoms with Crippen molar-refractivity contribution in [2.24, 2.45) is 0 Å². The van der Waals surface area contributed by atoms with Crippen LogP contribution in [0.4, 0.5) is 0 Å². The van der Waals surface area contributed by atoms with Gasteiger partial charge in [-0.3, -0.25) is 0 Å². The molecule has 0 aliphatic heterocycles. The zero-order valence-electron chi connectivity index (χ0n) is 5.97. The van der Waals surface area contributed by atoms with Crippen molar-refractivity contribution in [2.45, 2.75) is 11.1 Å². The first kappa shape index (κ1) is 8.66. The Morgan fingerprint density at radius 3 is 2.90 bits per heavy atom. The van der Waals surface area contributed by atoms with Gasteiger partial charge >= 0.3 is 79.4 Å². The second-order valence-electron chi connectivity index (χ2n) is 2.35. The van der Waals surface area contributed by atoms with Gasteiger partial charge in [-0.2, -0.15) is 0 Å². The van der Waals surface area contributed by atoms with Crippen molar-refractivity contribution in [1.29, 1.82) is 0 Å². The minimum atomic E-state index is -0.370. The topological polar surface area (TPSA) is 0 Å². The van der Waals surface area contributed by atoms with Crippen LogP contribution in [0.15, 0.2) is 24.3 Å². The van der Waals surface area contributed by atoms with Crippen molar-refractivity contribution in [1.82, 2.24) is 0 Å². The molecule has 0 saturated carbocycles. The van der Waals surface area contributed by atoms with Gasteiger partial charge in [-0.25, -0.2) is 0 Å². The van der Waals surface area contributed by atoms with Gasteiger partial charge in [0.05, 0.1) is 0 Å². The maximum atomic E-state index is 3.60. The first-order valence-electron chi connectivity index (χ1n) is 3.30. The van der Waals surface area contributed by atoms with E-state index in [0.717, 1.165) is 0 Å². The van der Waals surface area contributed by atoms with E-state index in [1.807, 2.05) is 0 Å². The summed E-state index contributed by atoms with van der Waals surface area (Å²) in [6.07, 6.45) is 0. The Morgan fingerprint density at radius 2 is 2.30 bits per heavy atom. The molecule has 0 atom stereocenters. The van der Waals surface area contributed by atoms with E-state index in [1.54, 1.807) is 0 Å². The molecular weight excluding hydrogens is 291 g/mol. The Morgan fingerprint density at radius 1 is 1.50 bits per heavy atom. The molecule has 0 heterocycles. The van der Waals surface area contributed by atoms with Crippen LogP contribution in [0.5, 0.6) is 0 Å². The third-order valence-corrected chi connectivity index (χ3v) is 5.35. The third-order valence-electron chi connectivity index (χ3n) is 1.40. The Hall–Kier alpha value is 0.570. The van der Waals surface area contributed by atoms with Crippen molar-refractivity contribution in [3.8, 4) is 0 Å². The van der Waals surface area contributed by atoms with Crippen molar-refractivity contribution >= 4 is 32.9 Å². The molecule has 0 nitrogen and oxygen atoms in total. The fourth-order valence-corrected chi connectivity index (χ4v) is 4.67. The molecule has 0 amide bonds. The predicted molar refractivity (Wildman–Crippen MR) is 49.6 cm³/mol. The van der Waals surface area contributed by atoms with Crippen LogP contribution >= 0.6 is 12.3 Å². The molecule has 0 aliphatic rings. The zero-order valence-corrected chi connectivity index (χ0v) is 10.9. The number of halogens is 1. The van der Waals surface area contributed by atoms with Crippen LogP contribution in [0.25, 0.3) is 0 Å². The van der Waals surface area contributed by atoms with Crippen LogP contribution in [0.2, 0.25) is 0 Å². The Balaban J connectivity index is 2.75. The van der Waals surface area contributed by atoms with Crippen molar-refractivity contribution in [3.63, 3.8) is 0 Å². The summed E-state index contributed by atoms with van der Waals surface area (Å²) >= 11 is 3.23. The number of hydrogen-bond acceptors (Lipinski definition) is 0. The van der Waals surface area contributed by atoms with Crippen LogP contribution < -0.4 is 0 Å². The molecule has 0 spiro atoms. The van der Waals surface area contributed by atoms with Gasteiger partial charge in [0.25, 0.3) is 0 Å². The molecule has 1 aromatic carbocycles. The van der Waals surface area contributed by atoms with E-state index in [1.165, 1.54) is 15.3 Å². The van der Waals surface area contributed by atoms with Gasteiger partial charge in [0.1, 0.15) is 0 Å².